The summed E-state index contributed by atoms with van der Waals surface area (Å²) in [5.74, 6) is -0.319. The zero-order valence-electron chi connectivity index (χ0n) is 19.2. The maximum Gasteiger partial charge on any atom is 0.410 e. The number of thiophene rings is 1. The number of aromatic nitrogens is 2. The van der Waals surface area contributed by atoms with Gasteiger partial charge in [-0.25, -0.2) is 9.78 Å². The highest BCUT2D eigenvalue weighted by molar-refractivity contribution is 7.20. The van der Waals surface area contributed by atoms with Crippen LogP contribution in [0.3, 0.4) is 0 Å². The maximum absolute atomic E-state index is 13.1. The lowest BCUT2D eigenvalue weighted by Crippen LogP contribution is -2.36. The molecule has 1 N–H and O–H groups in total. The second-order valence-electron chi connectivity index (χ2n) is 8.50. The molecule has 3 aromatic rings. The molecular formula is C23H28N4O4S. The van der Waals surface area contributed by atoms with Crippen molar-refractivity contribution < 1.29 is 14.3 Å². The van der Waals surface area contributed by atoms with E-state index in [1.54, 1.807) is 24.9 Å². The van der Waals surface area contributed by atoms with Crippen LogP contribution in [0.15, 0.2) is 35.4 Å². The third-order valence-electron chi connectivity index (χ3n) is 4.88. The summed E-state index contributed by atoms with van der Waals surface area (Å²) >= 11 is 1.19. The quantitative estimate of drug-likeness (QED) is 0.617. The number of hydrogen-bond donors (Lipinski definition) is 1. The van der Waals surface area contributed by atoms with Crippen molar-refractivity contribution >= 4 is 39.2 Å². The van der Waals surface area contributed by atoms with Gasteiger partial charge in [-0.1, -0.05) is 18.2 Å². The molecule has 2 heterocycles. The fourth-order valence-corrected chi connectivity index (χ4v) is 4.26. The third-order valence-corrected chi connectivity index (χ3v) is 6.08. The molecule has 170 valence electrons. The van der Waals surface area contributed by atoms with Gasteiger partial charge in [-0.05, 0) is 51.8 Å². The average molecular weight is 457 g/mol. The molecule has 9 heteroatoms. The van der Waals surface area contributed by atoms with Gasteiger partial charge in [0.2, 0.25) is 0 Å². The first-order chi connectivity index (χ1) is 15.0. The van der Waals surface area contributed by atoms with E-state index in [1.165, 1.54) is 22.2 Å². The number of amides is 2. The van der Waals surface area contributed by atoms with Gasteiger partial charge >= 0.3 is 6.09 Å². The lowest BCUT2D eigenvalue weighted by atomic mass is 10.1. The predicted molar refractivity (Wildman–Crippen MR) is 126 cm³/mol. The van der Waals surface area contributed by atoms with Crippen molar-refractivity contribution in [2.24, 2.45) is 7.05 Å². The van der Waals surface area contributed by atoms with Crippen molar-refractivity contribution in [3.63, 3.8) is 0 Å². The van der Waals surface area contributed by atoms with Crippen LogP contribution >= 0.6 is 11.3 Å². The molecule has 0 unspecified atom stereocenters. The van der Waals surface area contributed by atoms with Crippen LogP contribution in [0.4, 0.5) is 10.5 Å². The van der Waals surface area contributed by atoms with Crippen LogP contribution < -0.4 is 10.9 Å². The molecule has 0 atom stereocenters. The molecule has 0 fully saturated rings. The molecule has 0 aliphatic heterocycles. The van der Waals surface area contributed by atoms with E-state index >= 15 is 0 Å². The van der Waals surface area contributed by atoms with E-state index < -0.39 is 11.7 Å². The zero-order chi connectivity index (χ0) is 23.6. The van der Waals surface area contributed by atoms with E-state index in [9.17, 15) is 14.4 Å². The van der Waals surface area contributed by atoms with Crippen LogP contribution in [0.5, 0.6) is 0 Å². The van der Waals surface area contributed by atoms with Gasteiger partial charge in [-0.3, -0.25) is 9.59 Å². The fraction of sp³-hybridized carbons (Fsp3) is 0.391. The van der Waals surface area contributed by atoms with Crippen molar-refractivity contribution in [3.05, 3.63) is 57.0 Å². The van der Waals surface area contributed by atoms with Gasteiger partial charge in [-0.15, -0.1) is 11.3 Å². The Morgan fingerprint density at radius 1 is 1.25 bits per heavy atom. The fourth-order valence-electron chi connectivity index (χ4n) is 3.22. The summed E-state index contributed by atoms with van der Waals surface area (Å²) in [4.78, 5) is 44.9. The van der Waals surface area contributed by atoms with E-state index in [0.717, 1.165) is 5.56 Å². The van der Waals surface area contributed by atoms with Crippen molar-refractivity contribution in [2.45, 2.75) is 46.8 Å². The molecule has 0 bridgehead atoms. The Hall–Kier alpha value is -3.20. The topological polar surface area (TPSA) is 93.5 Å². The minimum absolute atomic E-state index is 0.181. The molecule has 0 saturated carbocycles. The number of anilines is 1. The summed E-state index contributed by atoms with van der Waals surface area (Å²) in [6, 6.07) is 7.32. The summed E-state index contributed by atoms with van der Waals surface area (Å²) in [7, 11) is 1.63. The van der Waals surface area contributed by atoms with E-state index in [2.05, 4.69) is 10.3 Å². The van der Waals surface area contributed by atoms with Crippen LogP contribution in [0, 0.1) is 6.92 Å². The number of benzene rings is 1. The molecule has 3 rings (SSSR count). The molecule has 0 saturated heterocycles. The Labute approximate surface area is 190 Å². The number of ether oxygens (including phenoxy) is 1. The molecule has 8 nitrogen and oxygen atoms in total. The number of carbonyl (C=O) groups is 2. The third kappa shape index (κ3) is 4.99. The molecular weight excluding hydrogens is 428 g/mol. The van der Waals surface area contributed by atoms with Gasteiger partial charge in [0.1, 0.15) is 10.4 Å². The van der Waals surface area contributed by atoms with Gasteiger partial charge < -0.3 is 19.5 Å². The number of carbonyl (C=O) groups excluding carboxylic acids is 2. The van der Waals surface area contributed by atoms with Gasteiger partial charge in [-0.2, -0.15) is 0 Å². The molecule has 0 aliphatic rings. The van der Waals surface area contributed by atoms with Crippen molar-refractivity contribution in [1.29, 1.82) is 0 Å². The van der Waals surface area contributed by atoms with Crippen molar-refractivity contribution in [2.75, 3.05) is 11.9 Å². The number of nitrogens with one attached hydrogen (secondary N) is 1. The van der Waals surface area contributed by atoms with E-state index in [4.69, 9.17) is 4.74 Å². The molecule has 1 aromatic carbocycles. The van der Waals surface area contributed by atoms with Crippen LogP contribution in [0.2, 0.25) is 0 Å². The number of nitrogens with zero attached hydrogens (tertiary/aromatic N) is 3. The van der Waals surface area contributed by atoms with Gasteiger partial charge in [0, 0.05) is 19.3 Å². The smallest absolute Gasteiger partial charge is 0.410 e. The molecule has 0 radical (unpaired) electrons. The number of hydrogen-bond acceptors (Lipinski definition) is 6. The minimum Gasteiger partial charge on any atom is -0.444 e. The Balaban J connectivity index is 1.87. The van der Waals surface area contributed by atoms with Gasteiger partial charge in [0.05, 0.1) is 23.1 Å². The highest BCUT2D eigenvalue weighted by atomic mass is 32.1. The van der Waals surface area contributed by atoms with E-state index in [0.29, 0.717) is 32.9 Å². The summed E-state index contributed by atoms with van der Waals surface area (Å²) in [5, 5.41) is 3.39. The number of rotatable bonds is 5. The Bertz CT molecular complexity index is 1220. The predicted octanol–water partition coefficient (Wildman–Crippen LogP) is 4.31. The average Bonchev–Trinajstić information content (AvgIpc) is 3.06. The van der Waals surface area contributed by atoms with E-state index in [-0.39, 0.29) is 18.0 Å². The molecule has 32 heavy (non-hydrogen) atoms. The van der Waals surface area contributed by atoms with Gasteiger partial charge in [0.25, 0.3) is 11.5 Å². The monoisotopic (exact) mass is 456 g/mol. The number of aryl methyl sites for hydroxylation is 2. The molecule has 0 spiro atoms. The van der Waals surface area contributed by atoms with Gasteiger partial charge in [0.15, 0.2) is 0 Å². The summed E-state index contributed by atoms with van der Waals surface area (Å²) in [6.45, 7) is 9.84. The van der Waals surface area contributed by atoms with Crippen LogP contribution in [0.25, 0.3) is 10.2 Å². The molecule has 2 amide bonds. The lowest BCUT2D eigenvalue weighted by Gasteiger charge is -2.27. The Morgan fingerprint density at radius 3 is 2.59 bits per heavy atom. The highest BCUT2D eigenvalue weighted by Crippen LogP contribution is 2.28. The first kappa shape index (κ1) is 23.5. The Morgan fingerprint density at radius 2 is 1.94 bits per heavy atom. The largest absolute Gasteiger partial charge is 0.444 e. The second kappa shape index (κ2) is 9.12. The van der Waals surface area contributed by atoms with Crippen LogP contribution in [0.1, 0.15) is 48.5 Å². The van der Waals surface area contributed by atoms with E-state index in [1.807, 2.05) is 45.9 Å². The summed E-state index contributed by atoms with van der Waals surface area (Å²) in [5.41, 5.74) is 1.21. The normalized spacial score (nSPS) is 11.4. The lowest BCUT2D eigenvalue weighted by molar-refractivity contribution is 0.0245. The van der Waals surface area contributed by atoms with Crippen LogP contribution in [-0.4, -0.2) is 38.6 Å². The second-order valence-corrected chi connectivity index (χ2v) is 9.50. The molecule has 2 aromatic heterocycles. The Kier molecular flexibility index (Phi) is 6.68. The number of para-hydroxylation sites is 1. The standard InChI is InChI=1S/C23H28N4O4S/c1-7-27(22(30)31-23(3,4)5)12-15-10-8-9-11-16(15)25-19(28)18-14(2)17-20(32-18)24-13-26(6)21(17)29/h8-11,13H,7,12H2,1-6H3,(H,25,28). The number of fused-ring (bicyclic) bond motifs is 1. The maximum atomic E-state index is 13.1. The SMILES string of the molecule is CCN(Cc1ccccc1NC(=O)c1sc2ncn(C)c(=O)c2c1C)C(=O)OC(C)(C)C. The summed E-state index contributed by atoms with van der Waals surface area (Å²) < 4.78 is 6.88. The van der Waals surface area contributed by atoms with Crippen molar-refractivity contribution in [3.8, 4) is 0 Å². The first-order valence-corrected chi connectivity index (χ1v) is 11.2. The summed E-state index contributed by atoms with van der Waals surface area (Å²) in [6.07, 6.45) is 1.04. The highest BCUT2D eigenvalue weighted by Gasteiger charge is 2.23. The van der Waals surface area contributed by atoms with Crippen LogP contribution in [-0.2, 0) is 18.3 Å². The zero-order valence-corrected chi connectivity index (χ0v) is 20.0. The van der Waals surface area contributed by atoms with Crippen molar-refractivity contribution in [1.82, 2.24) is 14.5 Å². The molecule has 0 aliphatic carbocycles. The minimum atomic E-state index is -0.595. The first-order valence-electron chi connectivity index (χ1n) is 10.3.